The quantitative estimate of drug-likeness (QED) is 0.448. The molecule has 0 saturated carbocycles. The topological polar surface area (TPSA) is 69.5 Å². The van der Waals surface area contributed by atoms with Crippen LogP contribution in [0.1, 0.15) is 10.4 Å². The molecule has 0 amide bonds. The Bertz CT molecular complexity index is 970. The van der Waals surface area contributed by atoms with Crippen LogP contribution >= 0.6 is 11.8 Å². The van der Waals surface area contributed by atoms with Gasteiger partial charge in [-0.1, -0.05) is 11.8 Å². The average Bonchev–Trinajstić information content (AvgIpc) is 3.34. The number of methoxy groups -OCH3 is 2. The van der Waals surface area contributed by atoms with Crippen LogP contribution in [0.25, 0.3) is 0 Å². The van der Waals surface area contributed by atoms with Crippen molar-refractivity contribution in [3.05, 3.63) is 54.1 Å². The lowest BCUT2D eigenvalue weighted by molar-refractivity contribution is 0.102. The van der Waals surface area contributed by atoms with E-state index in [1.165, 1.54) is 11.8 Å². The van der Waals surface area contributed by atoms with Crippen LogP contribution < -0.4 is 14.4 Å². The van der Waals surface area contributed by atoms with Crippen molar-refractivity contribution in [1.29, 1.82) is 0 Å². The molecule has 1 aliphatic heterocycles. The second-order valence-corrected chi connectivity index (χ2v) is 7.17. The average molecular weight is 396 g/mol. The van der Waals surface area contributed by atoms with Gasteiger partial charge in [-0.25, -0.2) is 0 Å². The van der Waals surface area contributed by atoms with Gasteiger partial charge in [0.1, 0.15) is 11.5 Å². The standard InChI is InChI=1S/C20H20N4O3S/c1-26-16-7-3-14(4-8-16)18(25)13-28-20-22-21-19-23(11-12-24(19)20)15-5-9-17(27-2)10-6-15/h3-10H,11-13H2,1-2H3. The fraction of sp³-hybridized carbons (Fsp3) is 0.250. The maximum Gasteiger partial charge on any atom is 0.232 e. The Morgan fingerprint density at radius 2 is 1.61 bits per heavy atom. The number of thioether (sulfide) groups is 1. The minimum atomic E-state index is 0.0509. The molecule has 2 heterocycles. The monoisotopic (exact) mass is 396 g/mol. The van der Waals surface area contributed by atoms with Crippen LogP contribution in [-0.2, 0) is 6.54 Å². The highest BCUT2D eigenvalue weighted by molar-refractivity contribution is 7.99. The number of anilines is 2. The third-order valence-electron chi connectivity index (χ3n) is 4.61. The molecule has 0 bridgehead atoms. The van der Waals surface area contributed by atoms with Crippen molar-refractivity contribution in [3.63, 3.8) is 0 Å². The second-order valence-electron chi connectivity index (χ2n) is 6.22. The maximum absolute atomic E-state index is 12.4. The summed E-state index contributed by atoms with van der Waals surface area (Å²) in [6.45, 7) is 1.60. The molecular weight excluding hydrogens is 376 g/mol. The Kier molecular flexibility index (Phi) is 5.21. The lowest BCUT2D eigenvalue weighted by Crippen LogP contribution is -2.14. The minimum Gasteiger partial charge on any atom is -0.497 e. The molecular formula is C20H20N4O3S. The van der Waals surface area contributed by atoms with E-state index >= 15 is 0 Å². The lowest BCUT2D eigenvalue weighted by atomic mass is 10.1. The van der Waals surface area contributed by atoms with Gasteiger partial charge < -0.3 is 14.4 Å². The number of benzene rings is 2. The first kappa shape index (κ1) is 18.4. The van der Waals surface area contributed by atoms with E-state index in [-0.39, 0.29) is 5.78 Å². The molecule has 3 aromatic rings. The smallest absolute Gasteiger partial charge is 0.232 e. The van der Waals surface area contributed by atoms with Crippen molar-refractivity contribution in [3.8, 4) is 11.5 Å². The van der Waals surface area contributed by atoms with Gasteiger partial charge in [-0.05, 0) is 48.5 Å². The zero-order valence-corrected chi connectivity index (χ0v) is 16.5. The summed E-state index contributed by atoms with van der Waals surface area (Å²) in [4.78, 5) is 14.6. The van der Waals surface area contributed by atoms with Crippen molar-refractivity contribution in [2.24, 2.45) is 0 Å². The zero-order chi connectivity index (χ0) is 19.5. The summed E-state index contributed by atoms with van der Waals surface area (Å²) in [6, 6.07) is 15.0. The third-order valence-corrected chi connectivity index (χ3v) is 5.58. The SMILES string of the molecule is COc1ccc(C(=O)CSc2nnc3n2CCN3c2ccc(OC)cc2)cc1. The summed E-state index contributed by atoms with van der Waals surface area (Å²) in [7, 11) is 3.26. The molecule has 1 aliphatic rings. The van der Waals surface area contributed by atoms with E-state index in [9.17, 15) is 4.79 Å². The van der Waals surface area contributed by atoms with E-state index in [4.69, 9.17) is 9.47 Å². The van der Waals surface area contributed by atoms with Crippen LogP contribution in [0.3, 0.4) is 0 Å². The van der Waals surface area contributed by atoms with Crippen LogP contribution in [0.15, 0.2) is 53.7 Å². The first-order valence-corrected chi connectivity index (χ1v) is 9.83. The molecule has 2 aromatic carbocycles. The molecule has 0 unspecified atom stereocenters. The van der Waals surface area contributed by atoms with Crippen LogP contribution in [0.2, 0.25) is 0 Å². The third kappa shape index (κ3) is 3.55. The van der Waals surface area contributed by atoms with Crippen molar-refractivity contribution < 1.29 is 14.3 Å². The molecule has 0 aliphatic carbocycles. The minimum absolute atomic E-state index is 0.0509. The molecule has 4 rings (SSSR count). The number of fused-ring (bicyclic) bond motifs is 1. The van der Waals surface area contributed by atoms with E-state index < -0.39 is 0 Å². The molecule has 7 nitrogen and oxygen atoms in total. The summed E-state index contributed by atoms with van der Waals surface area (Å²) < 4.78 is 12.4. The van der Waals surface area contributed by atoms with E-state index in [1.807, 2.05) is 24.3 Å². The Hall–Kier alpha value is -3.00. The summed E-state index contributed by atoms with van der Waals surface area (Å²) in [5.41, 5.74) is 1.70. The number of aromatic nitrogens is 3. The molecule has 0 atom stereocenters. The second kappa shape index (κ2) is 7.93. The highest BCUT2D eigenvalue weighted by atomic mass is 32.2. The fourth-order valence-corrected chi connectivity index (χ4v) is 3.93. The summed E-state index contributed by atoms with van der Waals surface area (Å²) in [5, 5.41) is 9.36. The van der Waals surface area contributed by atoms with E-state index in [1.54, 1.807) is 38.5 Å². The van der Waals surface area contributed by atoms with Crippen molar-refractivity contribution >= 4 is 29.2 Å². The maximum atomic E-state index is 12.4. The van der Waals surface area contributed by atoms with Crippen LogP contribution in [0.4, 0.5) is 11.6 Å². The van der Waals surface area contributed by atoms with Gasteiger partial charge in [-0.15, -0.1) is 10.2 Å². The predicted octanol–water partition coefficient (Wildman–Crippen LogP) is 3.42. The van der Waals surface area contributed by atoms with Crippen LogP contribution in [0.5, 0.6) is 11.5 Å². The molecule has 0 N–H and O–H groups in total. The number of rotatable bonds is 7. The number of nitrogens with zero attached hydrogens (tertiary/aromatic N) is 4. The van der Waals surface area contributed by atoms with Crippen molar-refractivity contribution in [2.75, 3.05) is 31.4 Å². The first-order valence-electron chi connectivity index (χ1n) is 8.84. The highest BCUT2D eigenvalue weighted by Gasteiger charge is 2.26. The number of ether oxygens (including phenoxy) is 2. The van der Waals surface area contributed by atoms with Gasteiger partial charge in [0.05, 0.1) is 20.0 Å². The van der Waals surface area contributed by atoms with Gasteiger partial charge in [0, 0.05) is 24.3 Å². The summed E-state index contributed by atoms with van der Waals surface area (Å²) >= 11 is 1.41. The molecule has 28 heavy (non-hydrogen) atoms. The normalized spacial score (nSPS) is 12.7. The zero-order valence-electron chi connectivity index (χ0n) is 15.7. The van der Waals surface area contributed by atoms with Gasteiger partial charge in [-0.3, -0.25) is 9.36 Å². The number of carbonyl (C=O) groups excluding carboxylic acids is 1. The lowest BCUT2D eigenvalue weighted by Gasteiger charge is -2.15. The molecule has 0 fully saturated rings. The van der Waals surface area contributed by atoms with Crippen LogP contribution in [0, 0.1) is 0 Å². The largest absolute Gasteiger partial charge is 0.497 e. The Morgan fingerprint density at radius 1 is 0.964 bits per heavy atom. The molecule has 1 aromatic heterocycles. The van der Waals surface area contributed by atoms with Crippen molar-refractivity contribution in [1.82, 2.24) is 14.8 Å². The molecule has 144 valence electrons. The van der Waals surface area contributed by atoms with Crippen LogP contribution in [-0.4, -0.2) is 47.1 Å². The molecule has 8 heteroatoms. The Morgan fingerprint density at radius 3 is 2.25 bits per heavy atom. The number of hydrogen-bond donors (Lipinski definition) is 0. The van der Waals surface area contributed by atoms with Gasteiger partial charge in [-0.2, -0.15) is 0 Å². The summed E-state index contributed by atoms with van der Waals surface area (Å²) in [6.07, 6.45) is 0. The van der Waals surface area contributed by atoms with Gasteiger partial charge in [0.25, 0.3) is 0 Å². The molecule has 0 radical (unpaired) electrons. The summed E-state index contributed by atoms with van der Waals surface area (Å²) in [5.74, 6) is 2.71. The van der Waals surface area contributed by atoms with E-state index in [0.29, 0.717) is 11.3 Å². The first-order chi connectivity index (χ1) is 13.7. The number of hydrogen-bond acceptors (Lipinski definition) is 7. The van der Waals surface area contributed by atoms with Gasteiger partial charge in [0.2, 0.25) is 5.95 Å². The van der Waals surface area contributed by atoms with E-state index in [0.717, 1.165) is 41.4 Å². The highest BCUT2D eigenvalue weighted by Crippen LogP contribution is 2.33. The van der Waals surface area contributed by atoms with Gasteiger partial charge in [0.15, 0.2) is 10.9 Å². The van der Waals surface area contributed by atoms with Gasteiger partial charge >= 0.3 is 0 Å². The van der Waals surface area contributed by atoms with Crippen molar-refractivity contribution in [2.45, 2.75) is 11.7 Å². The number of carbonyl (C=O) groups is 1. The molecule has 0 spiro atoms. The Labute approximate surface area is 167 Å². The number of ketones is 1. The predicted molar refractivity (Wildman–Crippen MR) is 108 cm³/mol. The van der Waals surface area contributed by atoms with E-state index in [2.05, 4.69) is 19.7 Å². The fourth-order valence-electron chi connectivity index (χ4n) is 3.08. The number of Topliss-reactive ketones (excluding diaryl/α,β-unsaturated/α-hetero) is 1. The molecule has 0 saturated heterocycles. The Balaban J connectivity index is 1.44.